The van der Waals surface area contributed by atoms with Crippen molar-refractivity contribution in [3.8, 4) is 0 Å². The van der Waals surface area contributed by atoms with Crippen LogP contribution in [0.1, 0.15) is 42.2 Å². The summed E-state index contributed by atoms with van der Waals surface area (Å²) >= 11 is 0. The van der Waals surface area contributed by atoms with Crippen LogP contribution in [0.2, 0.25) is 0 Å². The molecule has 0 saturated heterocycles. The first-order valence-corrected chi connectivity index (χ1v) is 9.54. The molecule has 154 valence electrons. The number of ether oxygens (including phenoxy) is 1. The maximum absolute atomic E-state index is 12.8. The Kier molecular flexibility index (Phi) is 5.42. The monoisotopic (exact) mass is 408 g/mol. The van der Waals surface area contributed by atoms with Gasteiger partial charge in [0.1, 0.15) is 17.5 Å². The summed E-state index contributed by atoms with van der Waals surface area (Å²) in [6, 6.07) is 11.0. The number of rotatable bonds is 5. The van der Waals surface area contributed by atoms with Crippen LogP contribution < -0.4 is 5.43 Å². The van der Waals surface area contributed by atoms with Gasteiger partial charge >= 0.3 is 5.97 Å². The van der Waals surface area contributed by atoms with Gasteiger partial charge in [0.2, 0.25) is 5.91 Å². The highest BCUT2D eigenvalue weighted by atomic mass is 16.5. The molecule has 0 radical (unpaired) electrons. The minimum atomic E-state index is -0.736. The van der Waals surface area contributed by atoms with E-state index in [9.17, 15) is 14.4 Å². The van der Waals surface area contributed by atoms with E-state index >= 15 is 0 Å². The molecule has 1 aromatic heterocycles. The molecule has 2 amide bonds. The van der Waals surface area contributed by atoms with Crippen molar-refractivity contribution in [2.45, 2.75) is 32.2 Å². The molecule has 4 rings (SSSR count). The first-order chi connectivity index (χ1) is 14.5. The lowest BCUT2D eigenvalue weighted by Gasteiger charge is -2.20. The van der Waals surface area contributed by atoms with Gasteiger partial charge < -0.3 is 9.15 Å². The summed E-state index contributed by atoms with van der Waals surface area (Å²) in [4.78, 5) is 36.1. The van der Waals surface area contributed by atoms with E-state index in [0.29, 0.717) is 12.2 Å². The molecule has 1 N–H and O–H groups in total. The van der Waals surface area contributed by atoms with Crippen LogP contribution in [0, 0.1) is 6.92 Å². The molecule has 1 aromatic carbocycles. The van der Waals surface area contributed by atoms with Gasteiger partial charge in [0.25, 0.3) is 5.91 Å². The molecule has 2 aliphatic heterocycles. The average molecular weight is 408 g/mol. The van der Waals surface area contributed by atoms with Crippen molar-refractivity contribution in [1.29, 1.82) is 0 Å². The van der Waals surface area contributed by atoms with Gasteiger partial charge in [-0.2, -0.15) is 10.2 Å². The minimum absolute atomic E-state index is 0.0789. The van der Waals surface area contributed by atoms with Crippen molar-refractivity contribution in [3.63, 3.8) is 0 Å². The molecule has 1 atom stereocenters. The number of benzene rings is 1. The fourth-order valence-electron chi connectivity index (χ4n) is 3.26. The molecule has 0 fully saturated rings. The predicted octanol–water partition coefficient (Wildman–Crippen LogP) is 2.07. The van der Waals surface area contributed by atoms with Crippen molar-refractivity contribution in [1.82, 2.24) is 10.4 Å². The van der Waals surface area contributed by atoms with E-state index in [2.05, 4.69) is 15.6 Å². The minimum Gasteiger partial charge on any atom is -0.467 e. The van der Waals surface area contributed by atoms with Crippen molar-refractivity contribution < 1.29 is 23.5 Å². The highest BCUT2D eigenvalue weighted by Crippen LogP contribution is 2.33. The molecular weight excluding hydrogens is 388 g/mol. The zero-order valence-corrected chi connectivity index (χ0v) is 16.3. The fourth-order valence-corrected chi connectivity index (χ4v) is 3.26. The lowest BCUT2D eigenvalue weighted by molar-refractivity contribution is -0.148. The number of carbonyl (C=O) groups is 3. The van der Waals surface area contributed by atoms with E-state index in [0.717, 1.165) is 16.8 Å². The Bertz CT molecular complexity index is 1020. The van der Waals surface area contributed by atoms with Crippen molar-refractivity contribution in [3.05, 3.63) is 59.5 Å². The second kappa shape index (κ2) is 8.32. The SMILES string of the molecule is Cc1ccc(C2=NN(C(=O)COC(=O)C3=NNC(=O)CC3)[C@@H](c3ccco3)C2)cc1. The van der Waals surface area contributed by atoms with E-state index in [1.54, 1.807) is 12.1 Å². The number of amides is 2. The summed E-state index contributed by atoms with van der Waals surface area (Å²) in [5.74, 6) is -0.883. The highest BCUT2D eigenvalue weighted by molar-refractivity contribution is 6.37. The summed E-state index contributed by atoms with van der Waals surface area (Å²) < 4.78 is 10.6. The molecule has 0 spiro atoms. The third-order valence-corrected chi connectivity index (χ3v) is 4.89. The Labute approximate surface area is 172 Å². The van der Waals surface area contributed by atoms with Crippen LogP contribution in [0.5, 0.6) is 0 Å². The zero-order valence-electron chi connectivity index (χ0n) is 16.3. The van der Waals surface area contributed by atoms with Crippen LogP contribution in [0.15, 0.2) is 57.3 Å². The lowest BCUT2D eigenvalue weighted by Crippen LogP contribution is -2.34. The first kappa shape index (κ1) is 19.6. The van der Waals surface area contributed by atoms with E-state index < -0.39 is 24.5 Å². The average Bonchev–Trinajstić information content (AvgIpc) is 3.43. The number of nitrogens with zero attached hydrogens (tertiary/aromatic N) is 3. The third-order valence-electron chi connectivity index (χ3n) is 4.89. The molecule has 2 aromatic rings. The number of hydrogen-bond acceptors (Lipinski definition) is 7. The van der Waals surface area contributed by atoms with Crippen LogP contribution >= 0.6 is 0 Å². The second-order valence-electron chi connectivity index (χ2n) is 7.06. The molecule has 9 nitrogen and oxygen atoms in total. The van der Waals surface area contributed by atoms with Crippen LogP contribution in [-0.4, -0.2) is 40.8 Å². The van der Waals surface area contributed by atoms with Crippen molar-refractivity contribution in [2.24, 2.45) is 10.2 Å². The van der Waals surface area contributed by atoms with E-state index in [-0.39, 0.29) is 24.5 Å². The lowest BCUT2D eigenvalue weighted by atomic mass is 10.0. The predicted molar refractivity (Wildman–Crippen MR) is 106 cm³/mol. The van der Waals surface area contributed by atoms with Gasteiger partial charge in [0.15, 0.2) is 6.61 Å². The topological polar surface area (TPSA) is 114 Å². The highest BCUT2D eigenvalue weighted by Gasteiger charge is 2.35. The zero-order chi connectivity index (χ0) is 21.1. The van der Waals surface area contributed by atoms with Crippen LogP contribution in [0.4, 0.5) is 0 Å². The quantitative estimate of drug-likeness (QED) is 0.761. The molecular formula is C21H20N4O5. The fraction of sp³-hybridized carbons (Fsp3) is 0.286. The Balaban J connectivity index is 1.48. The summed E-state index contributed by atoms with van der Waals surface area (Å²) in [6.45, 7) is 1.51. The molecule has 0 aliphatic carbocycles. The molecule has 0 bridgehead atoms. The van der Waals surface area contributed by atoms with Gasteiger partial charge in [-0.05, 0) is 24.6 Å². The van der Waals surface area contributed by atoms with Crippen molar-refractivity contribution >= 4 is 29.2 Å². The number of carbonyl (C=O) groups excluding carboxylic acids is 3. The number of aryl methyl sites for hydroxylation is 1. The standard InChI is InChI=1S/C21H20N4O5/c1-13-4-6-14(7-5-13)16-11-17(18-3-2-10-29-18)25(24-16)20(27)12-30-21(28)15-8-9-19(26)23-22-15/h2-7,10,17H,8-9,11-12H2,1H3,(H,23,26)/t17-/m1/s1. The normalized spacial score (nSPS) is 18.5. The summed E-state index contributed by atoms with van der Waals surface area (Å²) in [7, 11) is 0. The van der Waals surface area contributed by atoms with Gasteiger partial charge in [0.05, 0.1) is 12.0 Å². The largest absolute Gasteiger partial charge is 0.467 e. The summed E-state index contributed by atoms with van der Waals surface area (Å²) in [6.07, 6.45) is 2.35. The molecule has 0 unspecified atom stereocenters. The van der Waals surface area contributed by atoms with Gasteiger partial charge in [-0.1, -0.05) is 29.8 Å². The van der Waals surface area contributed by atoms with Gasteiger partial charge in [-0.15, -0.1) is 0 Å². The number of hydrogen-bond donors (Lipinski definition) is 1. The van der Waals surface area contributed by atoms with Crippen LogP contribution in [0.25, 0.3) is 0 Å². The summed E-state index contributed by atoms with van der Waals surface area (Å²) in [5, 5.41) is 9.46. The van der Waals surface area contributed by atoms with Crippen LogP contribution in [0.3, 0.4) is 0 Å². The molecule has 0 saturated carbocycles. The first-order valence-electron chi connectivity index (χ1n) is 9.54. The second-order valence-corrected chi connectivity index (χ2v) is 7.06. The van der Waals surface area contributed by atoms with Gasteiger partial charge in [0, 0.05) is 19.3 Å². The van der Waals surface area contributed by atoms with Gasteiger partial charge in [-0.25, -0.2) is 15.2 Å². The number of hydrazone groups is 2. The summed E-state index contributed by atoms with van der Waals surface area (Å²) in [5.41, 5.74) is 5.09. The Morgan fingerprint density at radius 2 is 2.03 bits per heavy atom. The van der Waals surface area contributed by atoms with E-state index in [1.807, 2.05) is 31.2 Å². The molecule has 30 heavy (non-hydrogen) atoms. The number of nitrogens with one attached hydrogen (secondary N) is 1. The van der Waals surface area contributed by atoms with E-state index in [4.69, 9.17) is 9.15 Å². The Morgan fingerprint density at radius 3 is 2.70 bits per heavy atom. The molecule has 3 heterocycles. The van der Waals surface area contributed by atoms with Crippen molar-refractivity contribution in [2.75, 3.05) is 6.61 Å². The third kappa shape index (κ3) is 4.14. The Morgan fingerprint density at radius 1 is 1.23 bits per heavy atom. The smallest absolute Gasteiger partial charge is 0.355 e. The number of esters is 1. The van der Waals surface area contributed by atoms with E-state index in [1.165, 1.54) is 11.3 Å². The molecule has 9 heteroatoms. The Hall–Kier alpha value is -3.75. The molecule has 2 aliphatic rings. The van der Waals surface area contributed by atoms with Crippen LogP contribution in [-0.2, 0) is 19.1 Å². The number of furan rings is 1. The maximum atomic E-state index is 12.8. The maximum Gasteiger partial charge on any atom is 0.355 e. The van der Waals surface area contributed by atoms with Gasteiger partial charge in [-0.3, -0.25) is 9.59 Å².